The van der Waals surface area contributed by atoms with E-state index in [2.05, 4.69) is 34.3 Å². The molecule has 0 spiro atoms. The van der Waals surface area contributed by atoms with E-state index in [9.17, 15) is 19.2 Å². The Balaban J connectivity index is 0.594. The maximum Gasteiger partial charge on any atom is 0.227 e. The van der Waals surface area contributed by atoms with Crippen molar-refractivity contribution in [1.82, 2.24) is 10.6 Å². The number of nitrogens with one attached hydrogen (secondary N) is 2. The molecule has 19 heteroatoms. The molecule has 6 rings (SSSR count). The van der Waals surface area contributed by atoms with Crippen LogP contribution in [0.1, 0.15) is 71.9 Å². The predicted octanol–water partition coefficient (Wildman–Crippen LogP) is 5.64. The lowest BCUT2D eigenvalue weighted by Gasteiger charge is -2.26. The van der Waals surface area contributed by atoms with E-state index in [1.54, 1.807) is 9.80 Å². The topological polar surface area (TPSA) is 200 Å². The standard InChI is InChI=1S/C64H82N4O15/c69-61(19-9-21-63(71)67-51-57-15-3-1-11-53(57)23-25-55-13-5-7-17-59(55)67)65-27-29-73-31-33-75-35-37-77-39-41-79-43-45-81-47-49-83-50-48-82-46-44-80-42-40-78-38-36-76-34-32-74-30-28-66-62(70)20-10-22-64(72)68-52-58-16-4-2-12-54(58)24-26-56-14-6-8-18-60(56)68/h1-8,11-18H,9-10,19-22,27-52H2,(H,65,69)(H,66,70). The van der Waals surface area contributed by atoms with Crippen LogP contribution in [0.3, 0.4) is 0 Å². The van der Waals surface area contributed by atoms with Crippen LogP contribution >= 0.6 is 0 Å². The van der Waals surface area contributed by atoms with Gasteiger partial charge in [-0.05, 0) is 60.4 Å². The Kier molecular flexibility index (Phi) is 32.7. The second kappa shape index (κ2) is 41.4. The molecular weight excluding hydrogens is 1060 g/mol. The molecule has 0 saturated heterocycles. The number of anilines is 2. The fourth-order valence-corrected chi connectivity index (χ4v) is 8.49. The van der Waals surface area contributed by atoms with Crippen LogP contribution in [0.2, 0.25) is 0 Å². The van der Waals surface area contributed by atoms with Gasteiger partial charge in [0.25, 0.3) is 0 Å². The molecular formula is C64H82N4O15. The number of fused-ring (bicyclic) bond motifs is 4. The van der Waals surface area contributed by atoms with Crippen molar-refractivity contribution in [2.24, 2.45) is 0 Å². The third-order valence-corrected chi connectivity index (χ3v) is 12.8. The number of carbonyl (C=O) groups excluding carboxylic acids is 4. The highest BCUT2D eigenvalue weighted by Gasteiger charge is 2.23. The Hall–Kier alpha value is -6.56. The Morgan fingerprint density at radius 1 is 0.325 bits per heavy atom. The van der Waals surface area contributed by atoms with Gasteiger partial charge in [-0.15, -0.1) is 0 Å². The molecule has 0 saturated carbocycles. The maximum absolute atomic E-state index is 13.4. The smallest absolute Gasteiger partial charge is 0.227 e. The molecule has 0 aliphatic carbocycles. The highest BCUT2D eigenvalue weighted by atomic mass is 16.6. The summed E-state index contributed by atoms with van der Waals surface area (Å²) >= 11 is 0. The molecule has 2 N–H and O–H groups in total. The van der Waals surface area contributed by atoms with Crippen LogP contribution < -0.4 is 20.4 Å². The highest BCUT2D eigenvalue weighted by Crippen LogP contribution is 2.28. The van der Waals surface area contributed by atoms with Gasteiger partial charge in [-0.25, -0.2) is 0 Å². The average molecular weight is 1150 g/mol. The lowest BCUT2D eigenvalue weighted by atomic mass is 10.0. The van der Waals surface area contributed by atoms with Crippen molar-refractivity contribution in [3.05, 3.63) is 130 Å². The number of para-hydroxylation sites is 2. The van der Waals surface area contributed by atoms with E-state index in [1.807, 2.05) is 97.1 Å². The molecule has 4 aromatic rings. The quantitative estimate of drug-likeness (QED) is 0.0407. The number of hydrogen-bond donors (Lipinski definition) is 2. The van der Waals surface area contributed by atoms with Gasteiger partial charge < -0.3 is 72.5 Å². The summed E-state index contributed by atoms with van der Waals surface area (Å²) in [6.07, 6.45) is 1.89. The first-order valence-corrected chi connectivity index (χ1v) is 28.8. The van der Waals surface area contributed by atoms with Crippen LogP contribution in [-0.4, -0.2) is 182 Å². The minimum atomic E-state index is -0.117. The van der Waals surface area contributed by atoms with Crippen LogP contribution in [0, 0.1) is 23.7 Å². The number of nitrogens with zero attached hydrogens (tertiary/aromatic N) is 2. The molecule has 2 aliphatic heterocycles. The van der Waals surface area contributed by atoms with Crippen LogP contribution in [0.5, 0.6) is 0 Å². The number of hydrogen-bond acceptors (Lipinski definition) is 15. The van der Waals surface area contributed by atoms with Gasteiger partial charge in [0, 0.05) is 61.0 Å². The zero-order valence-corrected chi connectivity index (χ0v) is 47.9. The zero-order chi connectivity index (χ0) is 58.0. The number of amides is 4. The van der Waals surface area contributed by atoms with Gasteiger partial charge in [0.15, 0.2) is 0 Å². The van der Waals surface area contributed by atoms with Crippen molar-refractivity contribution in [1.29, 1.82) is 0 Å². The normalized spacial score (nSPS) is 12.2. The molecule has 0 fully saturated rings. The molecule has 4 aromatic carbocycles. The monoisotopic (exact) mass is 1150 g/mol. The van der Waals surface area contributed by atoms with Crippen molar-refractivity contribution in [2.75, 3.05) is 168 Å². The number of benzene rings is 4. The fourth-order valence-electron chi connectivity index (χ4n) is 8.49. The summed E-state index contributed by atoms with van der Waals surface area (Å²) in [6, 6.07) is 31.0. The molecule has 2 heterocycles. The number of ether oxygens (including phenoxy) is 11. The van der Waals surface area contributed by atoms with Gasteiger partial charge in [-0.1, -0.05) is 84.3 Å². The van der Waals surface area contributed by atoms with E-state index < -0.39 is 0 Å². The van der Waals surface area contributed by atoms with E-state index in [-0.39, 0.29) is 49.3 Å². The van der Waals surface area contributed by atoms with E-state index >= 15 is 0 Å². The third-order valence-electron chi connectivity index (χ3n) is 12.8. The predicted molar refractivity (Wildman–Crippen MR) is 313 cm³/mol. The first-order valence-electron chi connectivity index (χ1n) is 28.8. The minimum absolute atomic E-state index is 0.0408. The van der Waals surface area contributed by atoms with Crippen molar-refractivity contribution in [2.45, 2.75) is 51.6 Å². The van der Waals surface area contributed by atoms with E-state index in [4.69, 9.17) is 52.1 Å². The number of carbonyl (C=O) groups is 4. The minimum Gasteiger partial charge on any atom is -0.377 e. The van der Waals surface area contributed by atoms with Crippen molar-refractivity contribution < 1.29 is 71.3 Å². The van der Waals surface area contributed by atoms with Gasteiger partial charge in [0.1, 0.15) is 0 Å². The largest absolute Gasteiger partial charge is 0.377 e. The fraction of sp³-hybridized carbons (Fsp3) is 0.500. The summed E-state index contributed by atoms with van der Waals surface area (Å²) < 4.78 is 61.0. The van der Waals surface area contributed by atoms with E-state index in [0.717, 1.165) is 44.8 Å². The second-order valence-electron chi connectivity index (χ2n) is 19.0. The van der Waals surface area contributed by atoms with Gasteiger partial charge >= 0.3 is 0 Å². The average Bonchev–Trinajstić information content (AvgIpc) is 3.52. The summed E-state index contributed by atoms with van der Waals surface area (Å²) in [4.78, 5) is 55.1. The van der Waals surface area contributed by atoms with Crippen LogP contribution in [0.4, 0.5) is 11.4 Å². The number of rotatable bonds is 44. The maximum atomic E-state index is 13.4. The Morgan fingerprint density at radius 2 is 0.578 bits per heavy atom. The Morgan fingerprint density at radius 3 is 0.892 bits per heavy atom. The van der Waals surface area contributed by atoms with Crippen molar-refractivity contribution in [3.63, 3.8) is 0 Å². The summed E-state index contributed by atoms with van der Waals surface area (Å²) in [7, 11) is 0. The molecule has 2 aliphatic rings. The van der Waals surface area contributed by atoms with Crippen LogP contribution in [0.15, 0.2) is 97.1 Å². The molecule has 0 aromatic heterocycles. The third kappa shape index (κ3) is 26.7. The summed E-state index contributed by atoms with van der Waals surface area (Å²) in [5, 5.41) is 5.71. The second-order valence-corrected chi connectivity index (χ2v) is 19.0. The van der Waals surface area contributed by atoms with Crippen molar-refractivity contribution in [3.8, 4) is 23.7 Å². The lowest BCUT2D eigenvalue weighted by molar-refractivity contribution is -0.123. The summed E-state index contributed by atoms with van der Waals surface area (Å²) in [5.41, 5.74) is 7.00. The molecule has 83 heavy (non-hydrogen) atoms. The molecule has 0 atom stereocenters. The van der Waals surface area contributed by atoms with Crippen LogP contribution in [0.25, 0.3) is 0 Å². The molecule has 0 unspecified atom stereocenters. The lowest BCUT2D eigenvalue weighted by Crippen LogP contribution is -2.32. The van der Waals surface area contributed by atoms with E-state index in [0.29, 0.717) is 184 Å². The molecule has 19 nitrogen and oxygen atoms in total. The first kappa shape index (κ1) is 65.6. The summed E-state index contributed by atoms with van der Waals surface area (Å²) in [6.45, 7) is 11.2. The Labute approximate surface area is 489 Å². The zero-order valence-electron chi connectivity index (χ0n) is 47.9. The highest BCUT2D eigenvalue weighted by molar-refractivity contribution is 5.96. The van der Waals surface area contributed by atoms with Gasteiger partial charge in [0.05, 0.1) is 170 Å². The van der Waals surface area contributed by atoms with E-state index in [1.165, 1.54) is 0 Å². The van der Waals surface area contributed by atoms with Crippen molar-refractivity contribution >= 4 is 35.0 Å². The SMILES string of the molecule is O=C(CCCC(=O)N1Cc2ccccc2C#Cc2ccccc21)NCCOCCOCCOCCOCCOCCOCCOCCOCCOCCOCCOCCNC(=O)CCCC(=O)N1Cc2ccccc2C#Cc2ccccc21. The van der Waals surface area contributed by atoms with Gasteiger partial charge in [-0.3, -0.25) is 19.2 Å². The first-order chi connectivity index (χ1) is 41.0. The molecule has 0 radical (unpaired) electrons. The summed E-state index contributed by atoms with van der Waals surface area (Å²) in [5.74, 6) is 12.6. The molecule has 4 amide bonds. The Bertz CT molecular complexity index is 2490. The molecule has 0 bridgehead atoms. The van der Waals surface area contributed by atoms with Crippen LogP contribution in [-0.2, 0) is 84.4 Å². The molecule has 448 valence electrons. The van der Waals surface area contributed by atoms with Gasteiger partial charge in [-0.2, -0.15) is 0 Å². The van der Waals surface area contributed by atoms with Gasteiger partial charge in [0.2, 0.25) is 23.6 Å².